The molecule has 3 aromatic heterocycles. The molecule has 0 aliphatic heterocycles. The highest BCUT2D eigenvalue weighted by atomic mass is 32.2. The van der Waals surface area contributed by atoms with Crippen LogP contribution in [0.15, 0.2) is 35.6 Å². The summed E-state index contributed by atoms with van der Waals surface area (Å²) in [6.07, 6.45) is 1.90. The van der Waals surface area contributed by atoms with Gasteiger partial charge in [0.15, 0.2) is 16.6 Å². The minimum Gasteiger partial charge on any atom is -0.362 e. The van der Waals surface area contributed by atoms with E-state index < -0.39 is 0 Å². The van der Waals surface area contributed by atoms with E-state index in [4.69, 9.17) is 0 Å². The van der Waals surface area contributed by atoms with Crippen LogP contribution in [0.2, 0.25) is 0 Å². The van der Waals surface area contributed by atoms with Crippen LogP contribution in [-0.2, 0) is 0 Å². The predicted molar refractivity (Wildman–Crippen MR) is 78.3 cm³/mol. The van der Waals surface area contributed by atoms with Crippen molar-refractivity contribution >= 4 is 23.2 Å². The van der Waals surface area contributed by atoms with Crippen molar-refractivity contribution in [2.45, 2.75) is 19.0 Å². The number of carbonyl (C=O) groups is 1. The monoisotopic (exact) mass is 286 g/mol. The maximum atomic E-state index is 12.2. The Morgan fingerprint density at radius 2 is 2.20 bits per heavy atom. The summed E-state index contributed by atoms with van der Waals surface area (Å²) < 4.78 is 1.88. The van der Waals surface area contributed by atoms with Gasteiger partial charge < -0.3 is 4.98 Å². The number of aromatic amines is 1. The fourth-order valence-corrected chi connectivity index (χ4v) is 2.95. The summed E-state index contributed by atoms with van der Waals surface area (Å²) in [6.45, 7) is 3.86. The molecule has 0 saturated carbocycles. The summed E-state index contributed by atoms with van der Waals surface area (Å²) >= 11 is 1.40. The third kappa shape index (κ3) is 2.34. The summed E-state index contributed by atoms with van der Waals surface area (Å²) in [5.41, 5.74) is 3.46. The van der Waals surface area contributed by atoms with Crippen molar-refractivity contribution in [1.29, 1.82) is 0 Å². The first-order chi connectivity index (χ1) is 9.65. The predicted octanol–water partition coefficient (Wildman–Crippen LogP) is 2.65. The highest BCUT2D eigenvalue weighted by molar-refractivity contribution is 7.99. The molecule has 0 saturated heterocycles. The molecule has 3 aromatic rings. The van der Waals surface area contributed by atoms with Crippen molar-refractivity contribution in [1.82, 2.24) is 19.6 Å². The molecule has 0 aliphatic rings. The van der Waals surface area contributed by atoms with Crippen molar-refractivity contribution < 1.29 is 4.79 Å². The summed E-state index contributed by atoms with van der Waals surface area (Å²) in [5.74, 6) is 0.456. The molecule has 3 rings (SSSR count). The number of Topliss-reactive ketones (excluding diaryl/α,β-unsaturated/α-hetero) is 1. The van der Waals surface area contributed by atoms with Gasteiger partial charge in [0.1, 0.15) is 0 Å². The van der Waals surface area contributed by atoms with Crippen molar-refractivity contribution in [3.05, 3.63) is 47.4 Å². The van der Waals surface area contributed by atoms with Crippen LogP contribution in [-0.4, -0.2) is 31.1 Å². The second-order valence-corrected chi connectivity index (χ2v) is 5.56. The van der Waals surface area contributed by atoms with E-state index in [1.54, 1.807) is 0 Å². The number of pyridine rings is 1. The molecule has 102 valence electrons. The third-order valence-electron chi connectivity index (χ3n) is 3.06. The normalized spacial score (nSPS) is 11.1. The lowest BCUT2D eigenvalue weighted by Crippen LogP contribution is -2.03. The average molecular weight is 286 g/mol. The number of H-pyrrole nitrogens is 1. The Bertz CT molecular complexity index is 774. The van der Waals surface area contributed by atoms with Crippen molar-refractivity contribution in [2.24, 2.45) is 0 Å². The van der Waals surface area contributed by atoms with Gasteiger partial charge in [-0.2, -0.15) is 0 Å². The fraction of sp³-hybridized carbons (Fsp3) is 0.214. The zero-order chi connectivity index (χ0) is 14.1. The van der Waals surface area contributed by atoms with Gasteiger partial charge in [-0.25, -0.2) is 0 Å². The average Bonchev–Trinajstić information content (AvgIpc) is 2.99. The summed E-state index contributed by atoms with van der Waals surface area (Å²) in [4.78, 5) is 15.4. The summed E-state index contributed by atoms with van der Waals surface area (Å²) in [5, 5.41) is 8.91. The Morgan fingerprint density at radius 1 is 1.35 bits per heavy atom. The van der Waals surface area contributed by atoms with Crippen LogP contribution in [0.4, 0.5) is 0 Å². The van der Waals surface area contributed by atoms with Gasteiger partial charge in [0.25, 0.3) is 0 Å². The second-order valence-electron chi connectivity index (χ2n) is 4.61. The molecule has 1 N–H and O–H groups in total. The van der Waals surface area contributed by atoms with Crippen LogP contribution in [0.3, 0.4) is 0 Å². The molecule has 0 fully saturated rings. The Kier molecular flexibility index (Phi) is 3.31. The van der Waals surface area contributed by atoms with Crippen LogP contribution >= 0.6 is 11.8 Å². The van der Waals surface area contributed by atoms with Crippen LogP contribution in [0, 0.1) is 13.8 Å². The number of hydrogen-bond acceptors (Lipinski definition) is 4. The lowest BCUT2D eigenvalue weighted by atomic mass is 10.2. The van der Waals surface area contributed by atoms with Gasteiger partial charge >= 0.3 is 0 Å². The number of thioether (sulfide) groups is 1. The maximum absolute atomic E-state index is 12.2. The van der Waals surface area contributed by atoms with Gasteiger partial charge in [-0.1, -0.05) is 17.8 Å². The lowest BCUT2D eigenvalue weighted by Gasteiger charge is -2.00. The van der Waals surface area contributed by atoms with Gasteiger partial charge in [0, 0.05) is 23.1 Å². The molecule has 20 heavy (non-hydrogen) atoms. The number of aromatic nitrogens is 4. The standard InChI is InChI=1S/C14H14N4OS/c1-9-7-11(10(2)15-9)12(19)8-20-14-17-16-13-5-3-4-6-18(13)14/h3-7,15H,8H2,1-2H3. The number of nitrogens with one attached hydrogen (secondary N) is 1. The first kappa shape index (κ1) is 12.9. The van der Waals surface area contributed by atoms with Gasteiger partial charge in [0.05, 0.1) is 5.75 Å². The number of fused-ring (bicyclic) bond motifs is 1. The van der Waals surface area contributed by atoms with Crippen LogP contribution < -0.4 is 0 Å². The SMILES string of the molecule is Cc1cc(C(=O)CSc2nnc3ccccn23)c(C)[nH]1. The molecule has 0 atom stereocenters. The summed E-state index contributed by atoms with van der Waals surface area (Å²) in [7, 11) is 0. The van der Waals surface area contributed by atoms with E-state index in [0.29, 0.717) is 5.75 Å². The third-order valence-corrected chi connectivity index (χ3v) is 4.01. The van der Waals surface area contributed by atoms with E-state index in [2.05, 4.69) is 15.2 Å². The zero-order valence-electron chi connectivity index (χ0n) is 11.3. The van der Waals surface area contributed by atoms with E-state index in [1.807, 2.05) is 48.7 Å². The molecule has 0 radical (unpaired) electrons. The van der Waals surface area contributed by atoms with E-state index >= 15 is 0 Å². The second kappa shape index (κ2) is 5.13. The number of aryl methyl sites for hydroxylation is 2. The van der Waals surface area contributed by atoms with E-state index in [0.717, 1.165) is 27.8 Å². The van der Waals surface area contributed by atoms with Gasteiger partial charge in [-0.15, -0.1) is 10.2 Å². The molecule has 0 aliphatic carbocycles. The maximum Gasteiger partial charge on any atom is 0.196 e. The zero-order valence-corrected chi connectivity index (χ0v) is 12.1. The van der Waals surface area contributed by atoms with Crippen molar-refractivity contribution in [3.63, 3.8) is 0 Å². The minimum absolute atomic E-state index is 0.101. The molecule has 0 bridgehead atoms. The minimum atomic E-state index is 0.101. The highest BCUT2D eigenvalue weighted by Crippen LogP contribution is 2.19. The molecule has 0 spiro atoms. The molecular formula is C14H14N4OS. The number of ketones is 1. The number of nitrogens with zero attached hydrogens (tertiary/aromatic N) is 3. The summed E-state index contributed by atoms with van der Waals surface area (Å²) in [6, 6.07) is 7.61. The molecule has 3 heterocycles. The first-order valence-electron chi connectivity index (χ1n) is 6.27. The molecule has 5 nitrogen and oxygen atoms in total. The number of rotatable bonds is 4. The van der Waals surface area contributed by atoms with Crippen LogP contribution in [0.5, 0.6) is 0 Å². The molecule has 0 aromatic carbocycles. The topological polar surface area (TPSA) is 63.1 Å². The van der Waals surface area contributed by atoms with Gasteiger partial charge in [0.2, 0.25) is 0 Å². The Balaban J connectivity index is 1.76. The van der Waals surface area contributed by atoms with E-state index in [-0.39, 0.29) is 5.78 Å². The quantitative estimate of drug-likeness (QED) is 0.591. The number of hydrogen-bond donors (Lipinski definition) is 1. The van der Waals surface area contributed by atoms with E-state index in [9.17, 15) is 4.79 Å². The first-order valence-corrected chi connectivity index (χ1v) is 7.25. The Hall–Kier alpha value is -2.08. The Morgan fingerprint density at radius 3 is 2.95 bits per heavy atom. The fourth-order valence-electron chi connectivity index (χ4n) is 2.14. The molecule has 0 amide bonds. The van der Waals surface area contributed by atoms with Gasteiger partial charge in [-0.05, 0) is 32.0 Å². The molecule has 6 heteroatoms. The highest BCUT2D eigenvalue weighted by Gasteiger charge is 2.14. The van der Waals surface area contributed by atoms with Crippen molar-refractivity contribution in [2.75, 3.05) is 5.75 Å². The Labute approximate surface area is 120 Å². The van der Waals surface area contributed by atoms with Crippen LogP contribution in [0.1, 0.15) is 21.7 Å². The van der Waals surface area contributed by atoms with Crippen molar-refractivity contribution in [3.8, 4) is 0 Å². The van der Waals surface area contributed by atoms with E-state index in [1.165, 1.54) is 11.8 Å². The molecular weight excluding hydrogens is 272 g/mol. The van der Waals surface area contributed by atoms with Gasteiger partial charge in [-0.3, -0.25) is 9.20 Å². The lowest BCUT2D eigenvalue weighted by molar-refractivity contribution is 0.102. The molecule has 0 unspecified atom stereocenters. The smallest absolute Gasteiger partial charge is 0.196 e. The van der Waals surface area contributed by atoms with Crippen LogP contribution in [0.25, 0.3) is 5.65 Å². The largest absolute Gasteiger partial charge is 0.362 e. The number of carbonyl (C=O) groups excluding carboxylic acids is 1.